The third-order valence-corrected chi connectivity index (χ3v) is 6.59. The number of para-hydroxylation sites is 2. The predicted molar refractivity (Wildman–Crippen MR) is 202 cm³/mol. The summed E-state index contributed by atoms with van der Waals surface area (Å²) < 4.78 is 0. The SMILES string of the molecule is CNC(=O)c1c(N)cccc1N=[N+]=[N-].CNC(=O)c1ccc(N=[N+]=[N-])cc1[N+](=O)[O-].CNC(=O)c1ccccc1N.CNC(=O)c1ccccc1NC. The number of hydrogen-bond donors (Lipinski definition) is 7. The highest BCUT2D eigenvalue weighted by Gasteiger charge is 2.19. The lowest BCUT2D eigenvalue weighted by Crippen LogP contribution is -2.19. The van der Waals surface area contributed by atoms with Crippen molar-refractivity contribution < 1.29 is 24.1 Å². The Morgan fingerprint density at radius 3 is 1.68 bits per heavy atom. The minimum absolute atomic E-state index is 0.0695. The number of nitro benzene ring substituents is 1. The maximum atomic E-state index is 11.4. The molecule has 4 aromatic carbocycles. The number of nitrogen functional groups attached to an aromatic ring is 2. The molecule has 0 bridgehead atoms. The van der Waals surface area contributed by atoms with Gasteiger partial charge in [-0.1, -0.05) is 52.7 Å². The Labute approximate surface area is 303 Å². The molecule has 0 fully saturated rings. The Morgan fingerprint density at radius 2 is 1.15 bits per heavy atom. The maximum absolute atomic E-state index is 11.4. The molecule has 0 unspecified atom stereocenters. The highest BCUT2D eigenvalue weighted by molar-refractivity contribution is 6.03. The number of carbonyl (C=O) groups excluding carboxylic acids is 4. The fourth-order valence-corrected chi connectivity index (χ4v) is 4.05. The number of rotatable bonds is 8. The predicted octanol–water partition coefficient (Wildman–Crippen LogP) is 5.18. The van der Waals surface area contributed by atoms with Crippen molar-refractivity contribution in [1.82, 2.24) is 21.3 Å². The summed E-state index contributed by atoms with van der Waals surface area (Å²) in [6, 6.07) is 22.7. The summed E-state index contributed by atoms with van der Waals surface area (Å²) in [7, 11) is 7.84. The number of anilines is 3. The third kappa shape index (κ3) is 13.2. The van der Waals surface area contributed by atoms with Crippen LogP contribution in [0.25, 0.3) is 20.9 Å². The van der Waals surface area contributed by atoms with E-state index in [1.807, 2.05) is 18.2 Å². The fourth-order valence-electron chi connectivity index (χ4n) is 4.05. The minimum atomic E-state index is -0.707. The highest BCUT2D eigenvalue weighted by Crippen LogP contribution is 2.26. The molecule has 0 aliphatic rings. The van der Waals surface area contributed by atoms with Crippen molar-refractivity contribution in [2.75, 3.05) is 52.0 Å². The molecule has 0 saturated heterocycles. The number of carbonyl (C=O) groups is 4. The first-order valence-corrected chi connectivity index (χ1v) is 15.1. The van der Waals surface area contributed by atoms with Crippen LogP contribution < -0.4 is 38.1 Å². The number of nitro groups is 1. The van der Waals surface area contributed by atoms with Crippen LogP contribution in [-0.4, -0.2) is 63.8 Å². The van der Waals surface area contributed by atoms with Crippen molar-refractivity contribution in [2.24, 2.45) is 10.2 Å². The number of nitrogens with one attached hydrogen (secondary N) is 5. The van der Waals surface area contributed by atoms with Gasteiger partial charge in [0, 0.05) is 73.9 Å². The van der Waals surface area contributed by atoms with Crippen LogP contribution in [0, 0.1) is 10.1 Å². The molecule has 0 atom stereocenters. The molecule has 0 aromatic heterocycles. The van der Waals surface area contributed by atoms with Gasteiger partial charge in [-0.15, -0.1) is 0 Å². The molecule has 9 N–H and O–H groups in total. The van der Waals surface area contributed by atoms with Crippen LogP contribution in [0.3, 0.4) is 0 Å². The standard InChI is InChI=1S/C9H12N2O.C8H7N5O3.C8H9N5O.C8H10N2O/c1-10-8-6-4-3-5-7(8)9(12)11-2;1-10-8(14)6-3-2-5(11-12-9)4-7(6)13(15)16;1-11-8(14)7-5(9)3-2-4-6(7)12-13-10;1-10-8(11)6-4-2-3-5-7(6)9/h3-6,10H,1-2H3,(H,11,12);2-4H,1H3,(H,10,14);2-4H,9H2,1H3,(H,11,14);2-5H,9H2,1H3,(H,10,11). The van der Waals surface area contributed by atoms with E-state index < -0.39 is 16.5 Å². The monoisotopic (exact) mass is 726 g/mol. The Kier molecular flexibility index (Phi) is 18.5. The van der Waals surface area contributed by atoms with Crippen LogP contribution in [-0.2, 0) is 0 Å². The van der Waals surface area contributed by atoms with E-state index in [2.05, 4.69) is 46.6 Å². The van der Waals surface area contributed by atoms with Gasteiger partial charge in [-0.3, -0.25) is 29.3 Å². The number of hydrogen-bond acceptors (Lipinski definition) is 11. The number of nitrogens with two attached hydrogens (primary N) is 2. The van der Waals surface area contributed by atoms with E-state index >= 15 is 0 Å². The molecule has 20 heteroatoms. The van der Waals surface area contributed by atoms with Gasteiger partial charge in [0.05, 0.1) is 27.3 Å². The Hall–Kier alpha value is -7.82. The molecule has 53 heavy (non-hydrogen) atoms. The molecule has 0 aliphatic heterocycles. The molecule has 0 spiro atoms. The summed E-state index contributed by atoms with van der Waals surface area (Å²) in [5.74, 6) is -1.16. The average Bonchev–Trinajstić information content (AvgIpc) is 3.18. The van der Waals surface area contributed by atoms with Gasteiger partial charge in [0.25, 0.3) is 29.3 Å². The minimum Gasteiger partial charge on any atom is -0.398 e. The molecular formula is C33H38N14O6. The van der Waals surface area contributed by atoms with Gasteiger partial charge in [0.15, 0.2) is 0 Å². The van der Waals surface area contributed by atoms with E-state index in [0.29, 0.717) is 16.8 Å². The number of nitrogens with zero attached hydrogens (tertiary/aromatic N) is 7. The average molecular weight is 727 g/mol. The van der Waals surface area contributed by atoms with Crippen molar-refractivity contribution in [2.45, 2.75) is 0 Å². The summed E-state index contributed by atoms with van der Waals surface area (Å²) in [6.45, 7) is 0. The summed E-state index contributed by atoms with van der Waals surface area (Å²) in [6.07, 6.45) is 0. The largest absolute Gasteiger partial charge is 0.398 e. The molecule has 20 nitrogen and oxygen atoms in total. The second kappa shape index (κ2) is 22.7. The van der Waals surface area contributed by atoms with Crippen molar-refractivity contribution >= 4 is 57.8 Å². The van der Waals surface area contributed by atoms with E-state index in [0.717, 1.165) is 11.8 Å². The van der Waals surface area contributed by atoms with E-state index in [1.54, 1.807) is 63.6 Å². The van der Waals surface area contributed by atoms with Gasteiger partial charge < -0.3 is 38.1 Å². The first-order chi connectivity index (χ1) is 25.3. The van der Waals surface area contributed by atoms with Gasteiger partial charge in [-0.25, -0.2) is 0 Å². The number of azide groups is 2. The maximum Gasteiger partial charge on any atom is 0.282 e. The lowest BCUT2D eigenvalue weighted by molar-refractivity contribution is -0.385. The van der Waals surface area contributed by atoms with E-state index in [9.17, 15) is 29.3 Å². The fraction of sp³-hybridized carbons (Fsp3) is 0.152. The Balaban J connectivity index is 0.000000357. The quantitative estimate of drug-likeness (QED) is 0.0313. The number of benzene rings is 4. The van der Waals surface area contributed by atoms with Crippen LogP contribution in [0.15, 0.2) is 95.2 Å². The molecule has 0 radical (unpaired) electrons. The lowest BCUT2D eigenvalue weighted by atomic mass is 10.1. The van der Waals surface area contributed by atoms with Gasteiger partial charge in [-0.05, 0) is 47.5 Å². The van der Waals surface area contributed by atoms with Gasteiger partial charge in [-0.2, -0.15) is 0 Å². The lowest BCUT2D eigenvalue weighted by Gasteiger charge is -2.06. The molecular weight excluding hydrogens is 688 g/mol. The molecule has 0 saturated carbocycles. The van der Waals surface area contributed by atoms with E-state index in [-0.39, 0.29) is 45.9 Å². The van der Waals surface area contributed by atoms with Gasteiger partial charge in [0.2, 0.25) is 0 Å². The molecule has 4 aromatic rings. The zero-order chi connectivity index (χ0) is 39.9. The van der Waals surface area contributed by atoms with Crippen molar-refractivity contribution in [1.29, 1.82) is 0 Å². The van der Waals surface area contributed by atoms with Crippen LogP contribution in [0.2, 0.25) is 0 Å². The topological polar surface area (TPSA) is 321 Å². The summed E-state index contributed by atoms with van der Waals surface area (Å²) in [5, 5.41) is 30.0. The van der Waals surface area contributed by atoms with Crippen LogP contribution in [0.5, 0.6) is 0 Å². The second-order valence-corrected chi connectivity index (χ2v) is 9.78. The molecule has 0 heterocycles. The summed E-state index contributed by atoms with van der Waals surface area (Å²) >= 11 is 0. The molecule has 4 amide bonds. The Morgan fingerprint density at radius 1 is 0.642 bits per heavy atom. The van der Waals surface area contributed by atoms with Gasteiger partial charge >= 0.3 is 0 Å². The highest BCUT2D eigenvalue weighted by atomic mass is 16.6. The molecule has 4 rings (SSSR count). The Bertz CT molecular complexity index is 2030. The van der Waals surface area contributed by atoms with Crippen LogP contribution >= 0.6 is 0 Å². The zero-order valence-corrected chi connectivity index (χ0v) is 29.3. The van der Waals surface area contributed by atoms with Crippen molar-refractivity contribution in [3.63, 3.8) is 0 Å². The first kappa shape index (κ1) is 43.2. The van der Waals surface area contributed by atoms with Gasteiger partial charge in [0.1, 0.15) is 5.56 Å². The second-order valence-electron chi connectivity index (χ2n) is 9.78. The zero-order valence-electron chi connectivity index (χ0n) is 29.3. The van der Waals surface area contributed by atoms with Crippen LogP contribution in [0.1, 0.15) is 41.4 Å². The third-order valence-electron chi connectivity index (χ3n) is 6.59. The van der Waals surface area contributed by atoms with E-state index in [4.69, 9.17) is 22.5 Å². The van der Waals surface area contributed by atoms with Crippen molar-refractivity contribution in [3.05, 3.63) is 138 Å². The van der Waals surface area contributed by atoms with Crippen molar-refractivity contribution in [3.8, 4) is 0 Å². The first-order valence-electron chi connectivity index (χ1n) is 15.1. The number of amides is 4. The smallest absolute Gasteiger partial charge is 0.282 e. The molecule has 276 valence electrons. The van der Waals surface area contributed by atoms with E-state index in [1.165, 1.54) is 32.3 Å². The van der Waals surface area contributed by atoms with Crippen LogP contribution in [0.4, 0.5) is 34.1 Å². The normalized spacial score (nSPS) is 9.08. The molecule has 0 aliphatic carbocycles. The summed E-state index contributed by atoms with van der Waals surface area (Å²) in [5.41, 5.74) is 30.4. The summed E-state index contributed by atoms with van der Waals surface area (Å²) in [4.78, 5) is 60.0.